The fraction of sp³-hybridized carbons (Fsp3) is 0.312. The molecule has 0 spiro atoms. The minimum atomic E-state index is -0.310. The monoisotopic (exact) mass is 287 g/mol. The molecule has 0 radical (unpaired) electrons. The van der Waals surface area contributed by atoms with Gasteiger partial charge in [-0.2, -0.15) is 0 Å². The first-order chi connectivity index (χ1) is 10.2. The highest BCUT2D eigenvalue weighted by molar-refractivity contribution is 5.38. The SMILES string of the molecule is Oc1ccc(F)cc1CN1CCN(c2ccccn2)CC1. The van der Waals surface area contributed by atoms with Gasteiger partial charge >= 0.3 is 0 Å². The van der Waals surface area contributed by atoms with Gasteiger partial charge in [0.25, 0.3) is 0 Å². The number of phenolic OH excluding ortho intramolecular Hbond substituents is 1. The minimum Gasteiger partial charge on any atom is -0.508 e. The molecule has 1 aromatic heterocycles. The molecule has 1 aliphatic rings. The van der Waals surface area contributed by atoms with Crippen molar-refractivity contribution in [1.29, 1.82) is 0 Å². The van der Waals surface area contributed by atoms with Crippen LogP contribution in [0.1, 0.15) is 5.56 Å². The van der Waals surface area contributed by atoms with Crippen LogP contribution in [0.2, 0.25) is 0 Å². The molecule has 3 rings (SSSR count). The summed E-state index contributed by atoms with van der Waals surface area (Å²) in [5.41, 5.74) is 0.640. The van der Waals surface area contributed by atoms with Crippen molar-refractivity contribution in [3.63, 3.8) is 0 Å². The van der Waals surface area contributed by atoms with E-state index in [-0.39, 0.29) is 11.6 Å². The van der Waals surface area contributed by atoms with Crippen molar-refractivity contribution < 1.29 is 9.50 Å². The molecule has 2 aromatic rings. The molecule has 0 aliphatic carbocycles. The van der Waals surface area contributed by atoms with E-state index in [0.29, 0.717) is 12.1 Å². The largest absolute Gasteiger partial charge is 0.508 e. The van der Waals surface area contributed by atoms with Gasteiger partial charge in [-0.25, -0.2) is 9.37 Å². The number of benzene rings is 1. The van der Waals surface area contributed by atoms with Gasteiger partial charge < -0.3 is 10.0 Å². The van der Waals surface area contributed by atoms with Crippen LogP contribution in [0.25, 0.3) is 0 Å². The second-order valence-corrected chi connectivity index (χ2v) is 5.22. The van der Waals surface area contributed by atoms with Gasteiger partial charge in [-0.1, -0.05) is 6.07 Å². The molecule has 0 bridgehead atoms. The fourth-order valence-corrected chi connectivity index (χ4v) is 2.60. The molecule has 110 valence electrons. The van der Waals surface area contributed by atoms with E-state index in [1.54, 1.807) is 6.20 Å². The lowest BCUT2D eigenvalue weighted by Crippen LogP contribution is -2.46. The molecule has 0 unspecified atom stereocenters. The maximum absolute atomic E-state index is 13.2. The number of nitrogens with zero attached hydrogens (tertiary/aromatic N) is 3. The standard InChI is InChI=1S/C16H18FN3O/c17-14-4-5-15(21)13(11-14)12-19-7-9-20(10-8-19)16-3-1-2-6-18-16/h1-6,11,21H,7-10,12H2. The number of pyridine rings is 1. The molecule has 0 atom stereocenters. The van der Waals surface area contributed by atoms with Crippen LogP contribution in [0.4, 0.5) is 10.2 Å². The van der Waals surface area contributed by atoms with Gasteiger partial charge in [0.15, 0.2) is 0 Å². The number of aromatic nitrogens is 1. The second-order valence-electron chi connectivity index (χ2n) is 5.22. The Morgan fingerprint density at radius 1 is 1.10 bits per heavy atom. The Balaban J connectivity index is 1.60. The molecule has 1 saturated heterocycles. The average Bonchev–Trinajstić information content (AvgIpc) is 2.53. The van der Waals surface area contributed by atoms with Crippen molar-refractivity contribution in [3.05, 3.63) is 54.0 Å². The molecule has 4 nitrogen and oxygen atoms in total. The van der Waals surface area contributed by atoms with Gasteiger partial charge in [-0.05, 0) is 30.3 Å². The number of rotatable bonds is 3. The Kier molecular flexibility index (Phi) is 4.01. The first-order valence-corrected chi connectivity index (χ1v) is 7.08. The molecule has 0 saturated carbocycles. The van der Waals surface area contributed by atoms with Gasteiger partial charge in [-0.3, -0.25) is 4.90 Å². The number of phenols is 1. The van der Waals surface area contributed by atoms with Gasteiger partial charge in [-0.15, -0.1) is 0 Å². The summed E-state index contributed by atoms with van der Waals surface area (Å²) >= 11 is 0. The number of hydrogen-bond acceptors (Lipinski definition) is 4. The summed E-state index contributed by atoms with van der Waals surface area (Å²) in [5.74, 6) is 0.837. The number of anilines is 1. The average molecular weight is 287 g/mol. The Morgan fingerprint density at radius 3 is 2.62 bits per heavy atom. The van der Waals surface area contributed by atoms with Crippen molar-refractivity contribution >= 4 is 5.82 Å². The van der Waals surface area contributed by atoms with Crippen LogP contribution in [0.5, 0.6) is 5.75 Å². The number of hydrogen-bond donors (Lipinski definition) is 1. The van der Waals surface area contributed by atoms with E-state index in [1.165, 1.54) is 18.2 Å². The van der Waals surface area contributed by atoms with E-state index in [1.807, 2.05) is 18.2 Å². The van der Waals surface area contributed by atoms with Crippen LogP contribution in [-0.2, 0) is 6.54 Å². The third kappa shape index (κ3) is 3.31. The Labute approximate surface area is 123 Å². The molecule has 2 heterocycles. The predicted octanol–water partition coefficient (Wildman–Crippen LogP) is 2.25. The van der Waals surface area contributed by atoms with E-state index in [0.717, 1.165) is 32.0 Å². The van der Waals surface area contributed by atoms with Gasteiger partial charge in [0.2, 0.25) is 0 Å². The van der Waals surface area contributed by atoms with Crippen molar-refractivity contribution in [1.82, 2.24) is 9.88 Å². The van der Waals surface area contributed by atoms with Crippen LogP contribution >= 0.6 is 0 Å². The Hall–Kier alpha value is -2.14. The molecule has 1 aromatic carbocycles. The van der Waals surface area contributed by atoms with Gasteiger partial charge in [0.1, 0.15) is 17.4 Å². The van der Waals surface area contributed by atoms with Crippen molar-refractivity contribution in [2.45, 2.75) is 6.54 Å². The van der Waals surface area contributed by atoms with E-state index < -0.39 is 0 Å². The van der Waals surface area contributed by atoms with Crippen LogP contribution in [0.3, 0.4) is 0 Å². The topological polar surface area (TPSA) is 39.6 Å². The highest BCUT2D eigenvalue weighted by Gasteiger charge is 2.18. The predicted molar refractivity (Wildman–Crippen MR) is 79.8 cm³/mol. The van der Waals surface area contributed by atoms with E-state index >= 15 is 0 Å². The number of aromatic hydroxyl groups is 1. The normalized spacial score (nSPS) is 16.1. The zero-order valence-electron chi connectivity index (χ0n) is 11.7. The zero-order chi connectivity index (χ0) is 14.7. The van der Waals surface area contributed by atoms with E-state index in [2.05, 4.69) is 14.8 Å². The lowest BCUT2D eigenvalue weighted by Gasteiger charge is -2.35. The highest BCUT2D eigenvalue weighted by atomic mass is 19.1. The lowest BCUT2D eigenvalue weighted by molar-refractivity contribution is 0.246. The van der Waals surface area contributed by atoms with Gasteiger partial charge in [0, 0.05) is 44.5 Å². The van der Waals surface area contributed by atoms with Crippen molar-refractivity contribution in [2.75, 3.05) is 31.1 Å². The molecule has 0 amide bonds. The maximum Gasteiger partial charge on any atom is 0.128 e. The summed E-state index contributed by atoms with van der Waals surface area (Å²) in [6.45, 7) is 4.07. The number of halogens is 1. The minimum absolute atomic E-state index is 0.156. The molecular weight excluding hydrogens is 269 g/mol. The molecular formula is C16H18FN3O. The summed E-state index contributed by atoms with van der Waals surface area (Å²) in [5, 5.41) is 9.78. The summed E-state index contributed by atoms with van der Waals surface area (Å²) in [6.07, 6.45) is 1.80. The maximum atomic E-state index is 13.2. The quantitative estimate of drug-likeness (QED) is 0.940. The Bertz CT molecular complexity index is 598. The summed E-state index contributed by atoms with van der Waals surface area (Å²) in [7, 11) is 0. The first kappa shape index (κ1) is 13.8. The molecule has 1 aliphatic heterocycles. The third-order valence-corrected chi connectivity index (χ3v) is 3.78. The van der Waals surface area contributed by atoms with E-state index in [4.69, 9.17) is 0 Å². The molecule has 1 fully saturated rings. The van der Waals surface area contributed by atoms with Crippen molar-refractivity contribution in [2.24, 2.45) is 0 Å². The second kappa shape index (κ2) is 6.10. The highest BCUT2D eigenvalue weighted by Crippen LogP contribution is 2.21. The van der Waals surface area contributed by atoms with Crippen LogP contribution in [-0.4, -0.2) is 41.2 Å². The lowest BCUT2D eigenvalue weighted by atomic mass is 10.1. The molecule has 21 heavy (non-hydrogen) atoms. The Morgan fingerprint density at radius 2 is 1.90 bits per heavy atom. The molecule has 5 heteroatoms. The van der Waals surface area contributed by atoms with Crippen LogP contribution < -0.4 is 4.90 Å². The van der Waals surface area contributed by atoms with Gasteiger partial charge in [0.05, 0.1) is 0 Å². The third-order valence-electron chi connectivity index (χ3n) is 3.78. The van der Waals surface area contributed by atoms with Crippen LogP contribution in [0.15, 0.2) is 42.6 Å². The summed E-state index contributed by atoms with van der Waals surface area (Å²) in [6, 6.07) is 9.99. The smallest absolute Gasteiger partial charge is 0.128 e. The first-order valence-electron chi connectivity index (χ1n) is 7.08. The fourth-order valence-electron chi connectivity index (χ4n) is 2.60. The summed E-state index contributed by atoms with van der Waals surface area (Å²) in [4.78, 5) is 8.81. The molecule has 1 N–H and O–H groups in total. The zero-order valence-corrected chi connectivity index (χ0v) is 11.7. The van der Waals surface area contributed by atoms with Crippen LogP contribution in [0, 0.1) is 5.82 Å². The van der Waals surface area contributed by atoms with E-state index in [9.17, 15) is 9.50 Å². The van der Waals surface area contributed by atoms with Crippen molar-refractivity contribution in [3.8, 4) is 5.75 Å². The number of piperazine rings is 1. The summed E-state index contributed by atoms with van der Waals surface area (Å²) < 4.78 is 13.2.